The van der Waals surface area contributed by atoms with Crippen LogP contribution in [0.3, 0.4) is 0 Å². The highest BCUT2D eigenvalue weighted by molar-refractivity contribution is 7.53. The largest absolute Gasteiger partial charge is 0.258 e. The third kappa shape index (κ3) is 5.65. The third-order valence-electron chi connectivity index (χ3n) is 0.425. The van der Waals surface area contributed by atoms with Crippen LogP contribution in [0.5, 0.6) is 0 Å². The lowest BCUT2D eigenvalue weighted by Crippen LogP contribution is -1.16. The smallest absolute Gasteiger partial charge is 0.0218 e. The highest BCUT2D eigenvalue weighted by Crippen LogP contribution is 1.91. The number of thiophene rings is 1. The molecule has 0 fully saturated rings. The van der Waals surface area contributed by atoms with Gasteiger partial charge in [-0.25, -0.2) is 0 Å². The lowest BCUT2D eigenvalue weighted by atomic mass is 10.7. The predicted molar refractivity (Wildman–Crippen MR) is 38.0 cm³/mol. The molecule has 4 heteroatoms. The zero-order chi connectivity index (χ0) is 6.24. The van der Waals surface area contributed by atoms with E-state index < -0.39 is 11.5 Å². The second-order valence-corrected chi connectivity index (χ2v) is 1.92. The number of hydrogen-bond acceptors (Lipinski definition) is 3. The zero-order valence-electron chi connectivity index (χ0n) is 4.13. The van der Waals surface area contributed by atoms with Gasteiger partial charge in [-0.3, -0.25) is 8.99 Å². The molecular formula is C4H7NOS2. The fourth-order valence-corrected chi connectivity index (χ4v) is 0.680. The maximum Gasteiger partial charge on any atom is 0.0218 e. The second kappa shape index (κ2) is 6.65. The Morgan fingerprint density at radius 3 is 1.88 bits per heavy atom. The Kier molecular flexibility index (Phi) is 6.36. The molecule has 2 nitrogen and oxygen atoms in total. The van der Waals surface area contributed by atoms with Crippen LogP contribution < -0.4 is 0 Å². The van der Waals surface area contributed by atoms with Gasteiger partial charge < -0.3 is 0 Å². The molecule has 0 atom stereocenters. The molecule has 1 heterocycles. The van der Waals surface area contributed by atoms with Gasteiger partial charge in [-0.1, -0.05) is 12.1 Å². The molecule has 0 unspecified atom stereocenters. The maximum absolute atomic E-state index is 8.62. The molecule has 0 amide bonds. The summed E-state index contributed by atoms with van der Waals surface area (Å²) in [4.78, 5) is 0. The van der Waals surface area contributed by atoms with Gasteiger partial charge in [-0.15, -0.1) is 0 Å². The Labute approximate surface area is 55.2 Å². The Morgan fingerprint density at radius 1 is 1.38 bits per heavy atom. The van der Waals surface area contributed by atoms with Gasteiger partial charge in [-0.2, -0.15) is 11.3 Å². The molecule has 0 bridgehead atoms. The Balaban J connectivity index is 0.000000145. The van der Waals surface area contributed by atoms with E-state index in [9.17, 15) is 0 Å². The fourth-order valence-electron chi connectivity index (χ4n) is 0.227. The minimum absolute atomic E-state index is 0.917. The van der Waals surface area contributed by atoms with E-state index in [1.54, 1.807) is 11.3 Å². The van der Waals surface area contributed by atoms with Gasteiger partial charge in [0.1, 0.15) is 0 Å². The van der Waals surface area contributed by atoms with Crippen LogP contribution in [0.25, 0.3) is 0 Å². The molecule has 0 saturated heterocycles. The van der Waals surface area contributed by atoms with E-state index in [0.717, 1.165) is 0 Å². The van der Waals surface area contributed by atoms with Crippen LogP contribution in [0.4, 0.5) is 0 Å². The van der Waals surface area contributed by atoms with Crippen molar-refractivity contribution < 1.29 is 4.21 Å². The first-order valence-electron chi connectivity index (χ1n) is 1.93. The van der Waals surface area contributed by atoms with Crippen LogP contribution in [0.2, 0.25) is 0 Å². The topological polar surface area (TPSA) is 40.9 Å². The molecule has 1 aromatic heterocycles. The maximum atomic E-state index is 8.62. The SMILES string of the molecule is N=[SH2]=O.c1ccsc1. The summed E-state index contributed by atoms with van der Waals surface area (Å²) < 4.78 is 14.3. The van der Waals surface area contributed by atoms with Crippen molar-refractivity contribution in [1.29, 1.82) is 4.78 Å². The average molecular weight is 149 g/mol. The van der Waals surface area contributed by atoms with Crippen molar-refractivity contribution in [2.75, 3.05) is 0 Å². The molecule has 0 aliphatic heterocycles. The number of rotatable bonds is 0. The summed E-state index contributed by atoms with van der Waals surface area (Å²) in [7, 11) is 0. The molecule has 1 N–H and O–H groups in total. The van der Waals surface area contributed by atoms with Gasteiger partial charge in [0.2, 0.25) is 0 Å². The molecule has 0 spiro atoms. The Morgan fingerprint density at radius 2 is 1.75 bits per heavy atom. The molecular weight excluding hydrogens is 142 g/mol. The number of hydrogen-bond donors (Lipinski definition) is 1. The van der Waals surface area contributed by atoms with E-state index in [4.69, 9.17) is 8.99 Å². The summed E-state index contributed by atoms with van der Waals surface area (Å²) in [5.74, 6) is 0. The molecule has 0 aliphatic rings. The van der Waals surface area contributed by atoms with Crippen molar-refractivity contribution in [1.82, 2.24) is 0 Å². The zero-order valence-corrected chi connectivity index (χ0v) is 5.94. The van der Waals surface area contributed by atoms with Gasteiger partial charge in [0.25, 0.3) is 0 Å². The van der Waals surface area contributed by atoms with Crippen LogP contribution in [-0.2, 0) is 11.5 Å². The first-order valence-corrected chi connectivity index (χ1v) is 3.78. The fraction of sp³-hybridized carbons (Fsp3) is 0. The minimum Gasteiger partial charge on any atom is -0.258 e. The third-order valence-corrected chi connectivity index (χ3v) is 1.05. The van der Waals surface area contributed by atoms with Crippen LogP contribution in [0.15, 0.2) is 22.9 Å². The van der Waals surface area contributed by atoms with Crippen LogP contribution >= 0.6 is 11.3 Å². The monoisotopic (exact) mass is 149 g/mol. The van der Waals surface area contributed by atoms with Crippen molar-refractivity contribution in [2.45, 2.75) is 0 Å². The average Bonchev–Trinajstić information content (AvgIpc) is 2.17. The summed E-state index contributed by atoms with van der Waals surface area (Å²) >= 11 is 0.796. The summed E-state index contributed by atoms with van der Waals surface area (Å²) in [6.45, 7) is 0. The van der Waals surface area contributed by atoms with Gasteiger partial charge in [-0.05, 0) is 10.8 Å². The van der Waals surface area contributed by atoms with E-state index in [1.807, 2.05) is 22.9 Å². The van der Waals surface area contributed by atoms with Gasteiger partial charge in [0.05, 0.1) is 0 Å². The lowest BCUT2D eigenvalue weighted by Gasteiger charge is -1.39. The van der Waals surface area contributed by atoms with Gasteiger partial charge >= 0.3 is 0 Å². The summed E-state index contributed by atoms with van der Waals surface area (Å²) in [6.07, 6.45) is 0. The van der Waals surface area contributed by atoms with E-state index in [2.05, 4.69) is 0 Å². The van der Waals surface area contributed by atoms with E-state index in [0.29, 0.717) is 0 Å². The first-order chi connectivity index (χ1) is 3.91. The van der Waals surface area contributed by atoms with E-state index >= 15 is 0 Å². The summed E-state index contributed by atoms with van der Waals surface area (Å²) in [5, 5.41) is 4.08. The molecule has 0 saturated carbocycles. The van der Waals surface area contributed by atoms with Gasteiger partial charge in [0, 0.05) is 11.5 Å². The van der Waals surface area contributed by atoms with Crippen LogP contribution in [0.1, 0.15) is 0 Å². The molecule has 8 heavy (non-hydrogen) atoms. The van der Waals surface area contributed by atoms with E-state index in [-0.39, 0.29) is 0 Å². The predicted octanol–water partition coefficient (Wildman–Crippen LogP) is 1.17. The van der Waals surface area contributed by atoms with Crippen molar-refractivity contribution in [3.63, 3.8) is 0 Å². The molecule has 0 radical (unpaired) electrons. The first kappa shape index (κ1) is 7.65. The molecule has 46 valence electrons. The molecule has 0 aliphatic carbocycles. The quantitative estimate of drug-likeness (QED) is 0.591. The van der Waals surface area contributed by atoms with Crippen molar-refractivity contribution in [2.24, 2.45) is 0 Å². The molecule has 1 rings (SSSR count). The highest BCUT2D eigenvalue weighted by atomic mass is 32.1. The minimum atomic E-state index is -0.917. The van der Waals surface area contributed by atoms with Crippen molar-refractivity contribution in [3.8, 4) is 0 Å². The van der Waals surface area contributed by atoms with Crippen molar-refractivity contribution in [3.05, 3.63) is 22.9 Å². The van der Waals surface area contributed by atoms with E-state index in [1.165, 1.54) is 0 Å². The molecule has 0 aromatic carbocycles. The molecule has 1 aromatic rings. The standard InChI is InChI=1S/C4H4S.H3NOS/c1-2-4-5-3-1;1-3-2/h1-4H;1H,3H2. The lowest BCUT2D eigenvalue weighted by molar-refractivity contribution is 0.697. The summed E-state index contributed by atoms with van der Waals surface area (Å²) in [5.41, 5.74) is 0. The Bertz CT molecular complexity index is 126. The van der Waals surface area contributed by atoms with Gasteiger partial charge in [0.15, 0.2) is 0 Å². The number of nitrogens with one attached hydrogen (secondary N) is 1. The second-order valence-electron chi connectivity index (χ2n) is 0.895. The Hall–Kier alpha value is -0.350. The summed E-state index contributed by atoms with van der Waals surface area (Å²) in [6, 6.07) is 4.04. The van der Waals surface area contributed by atoms with Crippen LogP contribution in [0, 0.1) is 4.78 Å². The normalized spacial score (nSPS) is 8.50. The van der Waals surface area contributed by atoms with Crippen molar-refractivity contribution >= 4 is 22.8 Å². The van der Waals surface area contributed by atoms with Crippen LogP contribution in [-0.4, -0.2) is 4.21 Å². The highest BCUT2D eigenvalue weighted by Gasteiger charge is 1.58.